The smallest absolute Gasteiger partial charge is 0.220 e. The van der Waals surface area contributed by atoms with Gasteiger partial charge in [0.05, 0.1) is 0 Å². The Morgan fingerprint density at radius 2 is 2.14 bits per heavy atom. The van der Waals surface area contributed by atoms with Crippen molar-refractivity contribution >= 4 is 5.91 Å². The summed E-state index contributed by atoms with van der Waals surface area (Å²) in [5, 5.41) is 6.48. The first-order valence-corrected chi connectivity index (χ1v) is 8.25. The Morgan fingerprint density at radius 3 is 2.76 bits per heavy atom. The summed E-state index contributed by atoms with van der Waals surface area (Å²) in [5.74, 6) is 1.05. The van der Waals surface area contributed by atoms with Crippen molar-refractivity contribution < 1.29 is 4.79 Å². The molecule has 3 nitrogen and oxygen atoms in total. The Labute approximate surface area is 128 Å². The molecule has 0 aliphatic carbocycles. The highest BCUT2D eigenvalue weighted by Crippen LogP contribution is 2.19. The molecule has 1 amide bonds. The Kier molecular flexibility index (Phi) is 6.24. The van der Waals surface area contributed by atoms with Gasteiger partial charge >= 0.3 is 0 Å². The van der Waals surface area contributed by atoms with Gasteiger partial charge in [0.25, 0.3) is 0 Å². The van der Waals surface area contributed by atoms with E-state index in [1.807, 2.05) is 0 Å². The molecule has 0 saturated carbocycles. The van der Waals surface area contributed by atoms with Crippen LogP contribution in [0.15, 0.2) is 24.3 Å². The molecule has 0 bridgehead atoms. The van der Waals surface area contributed by atoms with Crippen molar-refractivity contribution in [2.75, 3.05) is 19.6 Å². The lowest BCUT2D eigenvalue weighted by Gasteiger charge is -2.23. The highest BCUT2D eigenvalue weighted by atomic mass is 16.1. The third-order valence-corrected chi connectivity index (χ3v) is 4.44. The van der Waals surface area contributed by atoms with Crippen LogP contribution in [0.5, 0.6) is 0 Å². The monoisotopic (exact) mass is 288 g/mol. The average molecular weight is 288 g/mol. The lowest BCUT2D eigenvalue weighted by atomic mass is 9.95. The van der Waals surface area contributed by atoms with E-state index in [4.69, 9.17) is 0 Å². The second-order valence-corrected chi connectivity index (χ2v) is 6.22. The zero-order valence-electron chi connectivity index (χ0n) is 13.3. The molecule has 2 unspecified atom stereocenters. The van der Waals surface area contributed by atoms with Crippen molar-refractivity contribution in [1.29, 1.82) is 0 Å². The van der Waals surface area contributed by atoms with Crippen LogP contribution in [-0.4, -0.2) is 25.5 Å². The summed E-state index contributed by atoms with van der Waals surface area (Å²) >= 11 is 0. The minimum absolute atomic E-state index is 0.174. The molecule has 2 atom stereocenters. The van der Waals surface area contributed by atoms with E-state index in [1.165, 1.54) is 24.0 Å². The molecule has 3 heteroatoms. The maximum Gasteiger partial charge on any atom is 0.220 e. The minimum atomic E-state index is 0.174. The van der Waals surface area contributed by atoms with Gasteiger partial charge in [-0.05, 0) is 55.3 Å². The zero-order chi connectivity index (χ0) is 15.1. The molecule has 1 aromatic carbocycles. The van der Waals surface area contributed by atoms with Crippen LogP contribution in [0.25, 0.3) is 0 Å². The molecule has 1 heterocycles. The van der Waals surface area contributed by atoms with E-state index in [1.54, 1.807) is 0 Å². The lowest BCUT2D eigenvalue weighted by molar-refractivity contribution is -0.121. The van der Waals surface area contributed by atoms with Crippen molar-refractivity contribution in [3.63, 3.8) is 0 Å². The van der Waals surface area contributed by atoms with Crippen LogP contribution < -0.4 is 10.6 Å². The number of aryl methyl sites for hydroxylation is 1. The Bertz CT molecular complexity index is 435. The summed E-state index contributed by atoms with van der Waals surface area (Å²) in [6.45, 7) is 7.26. The number of piperidine rings is 1. The molecule has 0 radical (unpaired) electrons. The highest BCUT2D eigenvalue weighted by Gasteiger charge is 2.15. The van der Waals surface area contributed by atoms with Gasteiger partial charge in [0.15, 0.2) is 0 Å². The van der Waals surface area contributed by atoms with E-state index in [-0.39, 0.29) is 11.8 Å². The van der Waals surface area contributed by atoms with E-state index in [0.717, 1.165) is 26.1 Å². The van der Waals surface area contributed by atoms with Gasteiger partial charge < -0.3 is 10.6 Å². The van der Waals surface area contributed by atoms with Gasteiger partial charge in [-0.1, -0.05) is 38.1 Å². The molecule has 1 aromatic rings. The number of nitrogens with one attached hydrogen (secondary N) is 2. The van der Waals surface area contributed by atoms with E-state index >= 15 is 0 Å². The Morgan fingerprint density at radius 1 is 1.38 bits per heavy atom. The molecular formula is C18H28N2O. The van der Waals surface area contributed by atoms with E-state index < -0.39 is 0 Å². The van der Waals surface area contributed by atoms with Gasteiger partial charge in [0, 0.05) is 13.0 Å². The van der Waals surface area contributed by atoms with Crippen molar-refractivity contribution in [1.82, 2.24) is 10.6 Å². The van der Waals surface area contributed by atoms with Gasteiger partial charge in [-0.3, -0.25) is 4.79 Å². The number of amides is 1. The fourth-order valence-electron chi connectivity index (χ4n) is 2.91. The van der Waals surface area contributed by atoms with Crippen LogP contribution in [-0.2, 0) is 11.2 Å². The second kappa shape index (κ2) is 8.18. The summed E-state index contributed by atoms with van der Waals surface area (Å²) < 4.78 is 0. The Balaban J connectivity index is 1.75. The first kappa shape index (κ1) is 16.0. The molecule has 1 aliphatic rings. The fourth-order valence-corrected chi connectivity index (χ4v) is 2.91. The number of benzene rings is 1. The van der Waals surface area contributed by atoms with Crippen molar-refractivity contribution in [2.24, 2.45) is 5.92 Å². The van der Waals surface area contributed by atoms with Gasteiger partial charge in [-0.25, -0.2) is 0 Å². The van der Waals surface area contributed by atoms with Gasteiger partial charge in [0.1, 0.15) is 0 Å². The number of hydrogen-bond acceptors (Lipinski definition) is 2. The number of carbonyl (C=O) groups is 1. The molecule has 1 saturated heterocycles. The largest absolute Gasteiger partial charge is 0.356 e. The predicted molar refractivity (Wildman–Crippen MR) is 87.5 cm³/mol. The van der Waals surface area contributed by atoms with E-state index in [0.29, 0.717) is 12.3 Å². The number of hydrogen-bond donors (Lipinski definition) is 2. The Hall–Kier alpha value is -1.35. The van der Waals surface area contributed by atoms with Crippen LogP contribution in [0.4, 0.5) is 0 Å². The number of rotatable bonds is 6. The third kappa shape index (κ3) is 5.16. The molecule has 0 aromatic heterocycles. The van der Waals surface area contributed by atoms with Crippen LogP contribution in [0.1, 0.15) is 50.2 Å². The second-order valence-electron chi connectivity index (χ2n) is 6.22. The lowest BCUT2D eigenvalue weighted by Crippen LogP contribution is -2.38. The van der Waals surface area contributed by atoms with Crippen molar-refractivity contribution in [3.8, 4) is 0 Å². The minimum Gasteiger partial charge on any atom is -0.356 e. The number of carbonyl (C=O) groups excluding carboxylic acids is 1. The van der Waals surface area contributed by atoms with Crippen LogP contribution in [0, 0.1) is 5.92 Å². The van der Waals surface area contributed by atoms with Gasteiger partial charge in [-0.15, -0.1) is 0 Å². The molecule has 2 rings (SSSR count). The topological polar surface area (TPSA) is 41.1 Å². The maximum absolute atomic E-state index is 12.1. The van der Waals surface area contributed by atoms with Crippen LogP contribution in [0.2, 0.25) is 0 Å². The standard InChI is InChI=1S/C18H28N2O/c1-3-15-6-8-17(9-7-15)14(2)11-18(21)20-13-16-5-4-10-19-12-16/h6-9,14,16,19H,3-5,10-13H2,1-2H3,(H,20,21). The summed E-state index contributed by atoms with van der Waals surface area (Å²) in [7, 11) is 0. The quantitative estimate of drug-likeness (QED) is 0.845. The molecule has 2 N–H and O–H groups in total. The van der Waals surface area contributed by atoms with Crippen LogP contribution in [0.3, 0.4) is 0 Å². The average Bonchev–Trinajstić information content (AvgIpc) is 2.54. The van der Waals surface area contributed by atoms with Gasteiger partial charge in [-0.2, -0.15) is 0 Å². The SMILES string of the molecule is CCc1ccc(C(C)CC(=O)NCC2CCCNC2)cc1. The predicted octanol–water partition coefficient (Wildman–Crippen LogP) is 2.86. The van der Waals surface area contributed by atoms with E-state index in [2.05, 4.69) is 48.7 Å². The normalized spacial score (nSPS) is 20.0. The van der Waals surface area contributed by atoms with Crippen LogP contribution >= 0.6 is 0 Å². The molecular weight excluding hydrogens is 260 g/mol. The summed E-state index contributed by atoms with van der Waals surface area (Å²) in [6.07, 6.45) is 4.08. The first-order valence-electron chi connectivity index (χ1n) is 8.25. The summed E-state index contributed by atoms with van der Waals surface area (Å²) in [6, 6.07) is 8.64. The molecule has 0 spiro atoms. The third-order valence-electron chi connectivity index (χ3n) is 4.44. The van der Waals surface area contributed by atoms with Gasteiger partial charge in [0.2, 0.25) is 5.91 Å². The molecule has 116 valence electrons. The fraction of sp³-hybridized carbons (Fsp3) is 0.611. The highest BCUT2D eigenvalue weighted by molar-refractivity contribution is 5.76. The molecule has 1 aliphatic heterocycles. The molecule has 21 heavy (non-hydrogen) atoms. The summed E-state index contributed by atoms with van der Waals surface area (Å²) in [5.41, 5.74) is 2.60. The van der Waals surface area contributed by atoms with Crippen molar-refractivity contribution in [2.45, 2.75) is 45.4 Å². The van der Waals surface area contributed by atoms with Crippen molar-refractivity contribution in [3.05, 3.63) is 35.4 Å². The first-order chi connectivity index (χ1) is 10.2. The van der Waals surface area contributed by atoms with E-state index in [9.17, 15) is 4.79 Å². The zero-order valence-corrected chi connectivity index (χ0v) is 13.3. The molecule has 1 fully saturated rings. The summed E-state index contributed by atoms with van der Waals surface area (Å²) in [4.78, 5) is 12.1. The maximum atomic E-state index is 12.1.